The molecule has 0 aliphatic heterocycles. The van der Waals surface area contributed by atoms with E-state index in [-0.39, 0.29) is 6.04 Å². The monoisotopic (exact) mass is 236 g/mol. The van der Waals surface area contributed by atoms with Gasteiger partial charge in [-0.05, 0) is 38.0 Å². The summed E-state index contributed by atoms with van der Waals surface area (Å²) in [7, 11) is 3.82. The van der Waals surface area contributed by atoms with Crippen molar-refractivity contribution in [2.75, 3.05) is 25.7 Å². The first-order valence-electron chi connectivity index (χ1n) is 6.11. The van der Waals surface area contributed by atoms with Crippen LogP contribution in [-0.4, -0.2) is 32.8 Å². The average molecular weight is 236 g/mol. The maximum atomic E-state index is 5.78. The zero-order valence-corrected chi connectivity index (χ0v) is 11.3. The molecule has 0 spiro atoms. The number of nitrogens with zero attached hydrogens (tertiary/aromatic N) is 1. The first-order chi connectivity index (χ1) is 8.04. The van der Waals surface area contributed by atoms with Gasteiger partial charge in [-0.15, -0.1) is 0 Å². The van der Waals surface area contributed by atoms with Gasteiger partial charge in [0.15, 0.2) is 0 Å². The second-order valence-electron chi connectivity index (χ2n) is 4.76. The Morgan fingerprint density at radius 2 is 1.82 bits per heavy atom. The summed E-state index contributed by atoms with van der Waals surface area (Å²) in [5, 5.41) is 0. The minimum atomic E-state index is 0.214. The molecule has 3 nitrogen and oxygen atoms in total. The standard InChI is InChI=1S/C14H24N2O/c1-11(15)9-13-5-7-14(8-6-13)16(3)12(2)10-17-4/h5-8,11-12H,9-10,15H2,1-4H3. The van der Waals surface area contributed by atoms with Crippen molar-refractivity contribution >= 4 is 5.69 Å². The maximum Gasteiger partial charge on any atom is 0.0663 e. The molecule has 0 radical (unpaired) electrons. The van der Waals surface area contributed by atoms with Gasteiger partial charge in [-0.25, -0.2) is 0 Å². The van der Waals surface area contributed by atoms with Crippen LogP contribution in [0, 0.1) is 0 Å². The molecule has 2 unspecified atom stereocenters. The molecule has 0 amide bonds. The minimum Gasteiger partial charge on any atom is -0.383 e. The van der Waals surface area contributed by atoms with Crippen LogP contribution >= 0.6 is 0 Å². The maximum absolute atomic E-state index is 5.78. The molecule has 96 valence electrons. The Kier molecular flexibility index (Phi) is 5.45. The summed E-state index contributed by atoms with van der Waals surface area (Å²) >= 11 is 0. The Morgan fingerprint density at radius 3 is 2.29 bits per heavy atom. The fourth-order valence-electron chi connectivity index (χ4n) is 1.85. The summed E-state index contributed by atoms with van der Waals surface area (Å²) in [4.78, 5) is 2.22. The van der Waals surface area contributed by atoms with Crippen molar-refractivity contribution in [1.82, 2.24) is 0 Å². The number of nitrogens with two attached hydrogens (primary N) is 1. The van der Waals surface area contributed by atoms with Crippen LogP contribution in [0.3, 0.4) is 0 Å². The van der Waals surface area contributed by atoms with Crippen molar-refractivity contribution < 1.29 is 4.74 Å². The summed E-state index contributed by atoms with van der Waals surface area (Å²) in [5.74, 6) is 0. The van der Waals surface area contributed by atoms with Crippen LogP contribution in [0.15, 0.2) is 24.3 Å². The molecular formula is C14H24N2O. The molecule has 0 saturated carbocycles. The van der Waals surface area contributed by atoms with Crippen LogP contribution in [-0.2, 0) is 11.2 Å². The number of hydrogen-bond donors (Lipinski definition) is 1. The van der Waals surface area contributed by atoms with Gasteiger partial charge in [0.2, 0.25) is 0 Å². The number of benzene rings is 1. The van der Waals surface area contributed by atoms with Gasteiger partial charge >= 0.3 is 0 Å². The van der Waals surface area contributed by atoms with Crippen LogP contribution in [0.1, 0.15) is 19.4 Å². The summed E-state index contributed by atoms with van der Waals surface area (Å²) in [5.41, 5.74) is 8.28. The SMILES string of the molecule is COCC(C)N(C)c1ccc(CC(C)N)cc1. The smallest absolute Gasteiger partial charge is 0.0663 e. The lowest BCUT2D eigenvalue weighted by Gasteiger charge is -2.26. The van der Waals surface area contributed by atoms with Gasteiger partial charge in [-0.3, -0.25) is 0 Å². The normalized spacial score (nSPS) is 14.4. The largest absolute Gasteiger partial charge is 0.383 e. The molecule has 1 aromatic rings. The van der Waals surface area contributed by atoms with Crippen LogP contribution in [0.5, 0.6) is 0 Å². The summed E-state index contributed by atoms with van der Waals surface area (Å²) in [6.45, 7) is 4.91. The molecule has 3 heteroatoms. The molecule has 0 heterocycles. The Morgan fingerprint density at radius 1 is 1.24 bits per heavy atom. The third-order valence-electron chi connectivity index (χ3n) is 2.97. The van der Waals surface area contributed by atoms with E-state index >= 15 is 0 Å². The van der Waals surface area contributed by atoms with Crippen molar-refractivity contribution in [2.45, 2.75) is 32.4 Å². The predicted molar refractivity (Wildman–Crippen MR) is 73.5 cm³/mol. The van der Waals surface area contributed by atoms with Crippen molar-refractivity contribution in [1.29, 1.82) is 0 Å². The van der Waals surface area contributed by atoms with Gasteiger partial charge in [0.05, 0.1) is 6.61 Å². The molecule has 2 N–H and O–H groups in total. The second kappa shape index (κ2) is 6.62. The lowest BCUT2D eigenvalue weighted by atomic mass is 10.1. The van der Waals surface area contributed by atoms with Gasteiger partial charge in [0, 0.05) is 31.9 Å². The van der Waals surface area contributed by atoms with E-state index in [1.807, 2.05) is 6.92 Å². The molecule has 0 fully saturated rings. The molecule has 0 saturated heterocycles. The minimum absolute atomic E-state index is 0.214. The van der Waals surface area contributed by atoms with Gasteiger partial charge in [-0.1, -0.05) is 12.1 Å². The molecule has 0 aromatic heterocycles. The molecule has 0 bridgehead atoms. The second-order valence-corrected chi connectivity index (χ2v) is 4.76. The topological polar surface area (TPSA) is 38.5 Å². The lowest BCUT2D eigenvalue weighted by molar-refractivity contribution is 0.183. The van der Waals surface area contributed by atoms with E-state index in [1.54, 1.807) is 7.11 Å². The van der Waals surface area contributed by atoms with E-state index in [4.69, 9.17) is 10.5 Å². The number of ether oxygens (including phenoxy) is 1. The van der Waals surface area contributed by atoms with Crippen LogP contribution in [0.2, 0.25) is 0 Å². The Hall–Kier alpha value is -1.06. The van der Waals surface area contributed by atoms with Crippen LogP contribution in [0.4, 0.5) is 5.69 Å². The highest BCUT2D eigenvalue weighted by molar-refractivity contribution is 5.47. The molecular weight excluding hydrogens is 212 g/mol. The van der Waals surface area contributed by atoms with E-state index in [1.165, 1.54) is 11.3 Å². The number of methoxy groups -OCH3 is 1. The molecule has 1 rings (SSSR count). The highest BCUT2D eigenvalue weighted by Gasteiger charge is 2.09. The van der Waals surface area contributed by atoms with Crippen molar-refractivity contribution in [2.24, 2.45) is 5.73 Å². The first kappa shape index (κ1) is 14.0. The third-order valence-corrected chi connectivity index (χ3v) is 2.97. The lowest BCUT2D eigenvalue weighted by Crippen LogP contribution is -2.32. The average Bonchev–Trinajstić information content (AvgIpc) is 2.28. The summed E-state index contributed by atoms with van der Waals surface area (Å²) < 4.78 is 5.16. The molecule has 2 atom stereocenters. The molecule has 1 aromatic carbocycles. The van der Waals surface area contributed by atoms with Crippen LogP contribution in [0.25, 0.3) is 0 Å². The van der Waals surface area contributed by atoms with Crippen LogP contribution < -0.4 is 10.6 Å². The third kappa shape index (κ3) is 4.36. The van der Waals surface area contributed by atoms with Crippen molar-refractivity contribution in [3.8, 4) is 0 Å². The zero-order valence-electron chi connectivity index (χ0n) is 11.3. The molecule has 0 aliphatic carbocycles. The number of anilines is 1. The van der Waals surface area contributed by atoms with E-state index in [9.17, 15) is 0 Å². The predicted octanol–water partition coefficient (Wildman–Crippen LogP) is 2.05. The van der Waals surface area contributed by atoms with Gasteiger partial charge in [-0.2, -0.15) is 0 Å². The number of hydrogen-bond acceptors (Lipinski definition) is 3. The zero-order chi connectivity index (χ0) is 12.8. The highest BCUT2D eigenvalue weighted by Crippen LogP contribution is 2.17. The van der Waals surface area contributed by atoms with Crippen molar-refractivity contribution in [3.63, 3.8) is 0 Å². The quantitative estimate of drug-likeness (QED) is 0.821. The number of likely N-dealkylation sites (N-methyl/N-ethyl adjacent to an activating group) is 1. The number of rotatable bonds is 6. The highest BCUT2D eigenvalue weighted by atomic mass is 16.5. The van der Waals surface area contributed by atoms with E-state index in [0.717, 1.165) is 13.0 Å². The summed E-state index contributed by atoms with van der Waals surface area (Å²) in [6, 6.07) is 9.17. The van der Waals surface area contributed by atoms with Gasteiger partial charge < -0.3 is 15.4 Å². The Bertz CT molecular complexity index is 321. The van der Waals surface area contributed by atoms with Gasteiger partial charge in [0.25, 0.3) is 0 Å². The summed E-state index contributed by atoms with van der Waals surface area (Å²) in [6.07, 6.45) is 0.928. The molecule has 17 heavy (non-hydrogen) atoms. The Labute approximate surface area is 105 Å². The van der Waals surface area contributed by atoms with Crippen molar-refractivity contribution in [3.05, 3.63) is 29.8 Å². The van der Waals surface area contributed by atoms with E-state index in [2.05, 4.69) is 43.1 Å². The fourth-order valence-corrected chi connectivity index (χ4v) is 1.85. The van der Waals surface area contributed by atoms with E-state index < -0.39 is 0 Å². The van der Waals surface area contributed by atoms with E-state index in [0.29, 0.717) is 6.04 Å². The van der Waals surface area contributed by atoms with Gasteiger partial charge in [0.1, 0.15) is 0 Å². The molecule has 0 aliphatic rings. The Balaban J connectivity index is 2.66. The fraction of sp³-hybridized carbons (Fsp3) is 0.571. The first-order valence-corrected chi connectivity index (χ1v) is 6.11.